The molecular formula is C16H17BrN2O. The molecule has 4 heteroatoms. The molecule has 0 bridgehead atoms. The van der Waals surface area contributed by atoms with Crippen LogP contribution in [-0.2, 0) is 11.3 Å². The van der Waals surface area contributed by atoms with Gasteiger partial charge in [0, 0.05) is 36.5 Å². The zero-order valence-corrected chi connectivity index (χ0v) is 12.8. The molecule has 1 aromatic heterocycles. The number of nitrogens with zero attached hydrogens (tertiary/aromatic N) is 2. The summed E-state index contributed by atoms with van der Waals surface area (Å²) in [7, 11) is 0. The van der Waals surface area contributed by atoms with Crippen molar-refractivity contribution in [1.82, 2.24) is 9.88 Å². The summed E-state index contributed by atoms with van der Waals surface area (Å²) in [6.07, 6.45) is 3.86. The molecule has 0 N–H and O–H groups in total. The first-order valence-corrected chi connectivity index (χ1v) is 7.59. The number of benzene rings is 1. The number of ether oxygens (including phenoxy) is 1. The summed E-state index contributed by atoms with van der Waals surface area (Å²) in [5, 5.41) is 0. The molecule has 1 fully saturated rings. The first-order chi connectivity index (χ1) is 9.81. The fourth-order valence-corrected chi connectivity index (χ4v) is 2.74. The predicted octanol–water partition coefficient (Wildman–Crippen LogP) is 3.42. The Hall–Kier alpha value is -1.23. The predicted molar refractivity (Wildman–Crippen MR) is 82.3 cm³/mol. The number of aromatic nitrogens is 1. The molecule has 1 saturated heterocycles. The molecule has 104 valence electrons. The fourth-order valence-electron chi connectivity index (χ4n) is 2.47. The zero-order valence-electron chi connectivity index (χ0n) is 11.2. The lowest BCUT2D eigenvalue weighted by atomic mass is 10.1. The van der Waals surface area contributed by atoms with Gasteiger partial charge < -0.3 is 4.74 Å². The Bertz CT molecular complexity index is 544. The van der Waals surface area contributed by atoms with E-state index in [2.05, 4.69) is 62.2 Å². The summed E-state index contributed by atoms with van der Waals surface area (Å²) in [5.74, 6) is 0. The maximum absolute atomic E-state index is 5.90. The van der Waals surface area contributed by atoms with Crippen LogP contribution in [0.3, 0.4) is 0 Å². The highest BCUT2D eigenvalue weighted by Crippen LogP contribution is 2.24. The quantitative estimate of drug-likeness (QED) is 0.861. The molecule has 1 atom stereocenters. The van der Waals surface area contributed by atoms with Crippen molar-refractivity contribution in [2.75, 3.05) is 19.7 Å². The first-order valence-electron chi connectivity index (χ1n) is 6.79. The number of hydrogen-bond donors (Lipinski definition) is 0. The SMILES string of the molecule is Brc1ccc([C@H]2CN(Cc3ccncc3)CCO2)cc1. The molecular weight excluding hydrogens is 316 g/mol. The second-order valence-electron chi connectivity index (χ2n) is 5.00. The molecule has 1 aliphatic heterocycles. The zero-order chi connectivity index (χ0) is 13.8. The number of pyridine rings is 1. The highest BCUT2D eigenvalue weighted by Gasteiger charge is 2.21. The highest BCUT2D eigenvalue weighted by molar-refractivity contribution is 9.10. The maximum atomic E-state index is 5.90. The molecule has 0 spiro atoms. The summed E-state index contributed by atoms with van der Waals surface area (Å²) in [5.41, 5.74) is 2.55. The van der Waals surface area contributed by atoms with Gasteiger partial charge in [-0.1, -0.05) is 28.1 Å². The van der Waals surface area contributed by atoms with E-state index in [4.69, 9.17) is 4.74 Å². The van der Waals surface area contributed by atoms with Gasteiger partial charge in [0.1, 0.15) is 0 Å². The van der Waals surface area contributed by atoms with Crippen LogP contribution in [0.2, 0.25) is 0 Å². The van der Waals surface area contributed by atoms with Crippen molar-refractivity contribution in [3.63, 3.8) is 0 Å². The van der Waals surface area contributed by atoms with Gasteiger partial charge >= 0.3 is 0 Å². The molecule has 3 nitrogen and oxygen atoms in total. The van der Waals surface area contributed by atoms with Crippen LogP contribution >= 0.6 is 15.9 Å². The van der Waals surface area contributed by atoms with E-state index in [0.717, 1.165) is 30.7 Å². The van der Waals surface area contributed by atoms with Crippen molar-refractivity contribution >= 4 is 15.9 Å². The molecule has 2 heterocycles. The summed E-state index contributed by atoms with van der Waals surface area (Å²) < 4.78 is 7.00. The van der Waals surface area contributed by atoms with Gasteiger partial charge in [0.05, 0.1) is 12.7 Å². The third-order valence-electron chi connectivity index (χ3n) is 3.55. The first kappa shape index (κ1) is 13.7. The minimum absolute atomic E-state index is 0.165. The highest BCUT2D eigenvalue weighted by atomic mass is 79.9. The van der Waals surface area contributed by atoms with Gasteiger partial charge in [-0.3, -0.25) is 9.88 Å². The number of rotatable bonds is 3. The minimum Gasteiger partial charge on any atom is -0.371 e. The molecule has 0 unspecified atom stereocenters. The van der Waals surface area contributed by atoms with E-state index in [1.807, 2.05) is 12.4 Å². The van der Waals surface area contributed by atoms with Gasteiger partial charge in [0.25, 0.3) is 0 Å². The van der Waals surface area contributed by atoms with Crippen LogP contribution in [0.25, 0.3) is 0 Å². The summed E-state index contributed by atoms with van der Waals surface area (Å²) in [6, 6.07) is 12.5. The Morgan fingerprint density at radius 3 is 2.65 bits per heavy atom. The molecule has 0 amide bonds. The number of halogens is 1. The molecule has 3 rings (SSSR count). The lowest BCUT2D eigenvalue weighted by molar-refractivity contribution is -0.0329. The van der Waals surface area contributed by atoms with E-state index in [9.17, 15) is 0 Å². The van der Waals surface area contributed by atoms with E-state index < -0.39 is 0 Å². The molecule has 2 aromatic rings. The van der Waals surface area contributed by atoms with Gasteiger partial charge in [-0.2, -0.15) is 0 Å². The second kappa shape index (κ2) is 6.48. The van der Waals surface area contributed by atoms with Crippen molar-refractivity contribution in [3.05, 3.63) is 64.4 Å². The lowest BCUT2D eigenvalue weighted by Crippen LogP contribution is -2.37. The Morgan fingerprint density at radius 2 is 1.90 bits per heavy atom. The van der Waals surface area contributed by atoms with Crippen LogP contribution in [0.4, 0.5) is 0 Å². The second-order valence-corrected chi connectivity index (χ2v) is 5.92. The van der Waals surface area contributed by atoms with Crippen LogP contribution in [0.1, 0.15) is 17.2 Å². The van der Waals surface area contributed by atoms with Crippen molar-refractivity contribution in [2.24, 2.45) is 0 Å². The molecule has 0 radical (unpaired) electrons. The molecule has 20 heavy (non-hydrogen) atoms. The van der Waals surface area contributed by atoms with E-state index in [1.54, 1.807) is 0 Å². The van der Waals surface area contributed by atoms with E-state index in [1.165, 1.54) is 11.1 Å². The van der Waals surface area contributed by atoms with Crippen molar-refractivity contribution in [2.45, 2.75) is 12.6 Å². The van der Waals surface area contributed by atoms with E-state index >= 15 is 0 Å². The number of morpholine rings is 1. The average Bonchev–Trinajstić information content (AvgIpc) is 2.49. The molecule has 1 aromatic carbocycles. The molecule has 1 aliphatic rings. The Labute approximate surface area is 127 Å². The van der Waals surface area contributed by atoms with Crippen LogP contribution in [0.5, 0.6) is 0 Å². The standard InChI is InChI=1S/C16H17BrN2O/c17-15-3-1-14(2-4-15)16-12-19(9-10-20-16)11-13-5-7-18-8-6-13/h1-8,16H,9-12H2/t16-/m1/s1. The summed E-state index contributed by atoms with van der Waals surface area (Å²) in [4.78, 5) is 6.50. The van der Waals surface area contributed by atoms with Gasteiger partial charge in [0.2, 0.25) is 0 Å². The van der Waals surface area contributed by atoms with Crippen LogP contribution < -0.4 is 0 Å². The van der Waals surface area contributed by atoms with Crippen molar-refractivity contribution in [1.29, 1.82) is 0 Å². The van der Waals surface area contributed by atoms with Gasteiger partial charge in [0.15, 0.2) is 0 Å². The Balaban J connectivity index is 1.66. The largest absolute Gasteiger partial charge is 0.371 e. The lowest BCUT2D eigenvalue weighted by Gasteiger charge is -2.33. The van der Waals surface area contributed by atoms with Crippen molar-refractivity contribution < 1.29 is 4.74 Å². The van der Waals surface area contributed by atoms with Crippen LogP contribution in [0.15, 0.2) is 53.3 Å². The monoisotopic (exact) mass is 332 g/mol. The average molecular weight is 333 g/mol. The third kappa shape index (κ3) is 3.45. The summed E-state index contributed by atoms with van der Waals surface area (Å²) >= 11 is 3.47. The third-order valence-corrected chi connectivity index (χ3v) is 4.08. The smallest absolute Gasteiger partial charge is 0.0952 e. The normalized spacial score (nSPS) is 19.9. The summed E-state index contributed by atoms with van der Waals surface area (Å²) in [6.45, 7) is 3.66. The van der Waals surface area contributed by atoms with Gasteiger partial charge in [-0.05, 0) is 35.4 Å². The maximum Gasteiger partial charge on any atom is 0.0952 e. The number of hydrogen-bond acceptors (Lipinski definition) is 3. The minimum atomic E-state index is 0.165. The van der Waals surface area contributed by atoms with Crippen molar-refractivity contribution in [3.8, 4) is 0 Å². The van der Waals surface area contributed by atoms with Crippen LogP contribution in [-0.4, -0.2) is 29.6 Å². The van der Waals surface area contributed by atoms with Crippen LogP contribution in [0, 0.1) is 0 Å². The Kier molecular flexibility index (Phi) is 4.45. The fraction of sp³-hybridized carbons (Fsp3) is 0.312. The van der Waals surface area contributed by atoms with E-state index in [0.29, 0.717) is 0 Å². The molecule has 0 aliphatic carbocycles. The van der Waals surface area contributed by atoms with Gasteiger partial charge in [-0.25, -0.2) is 0 Å². The molecule has 0 saturated carbocycles. The Morgan fingerprint density at radius 1 is 1.15 bits per heavy atom. The van der Waals surface area contributed by atoms with Gasteiger partial charge in [-0.15, -0.1) is 0 Å². The van der Waals surface area contributed by atoms with E-state index in [-0.39, 0.29) is 6.10 Å². The topological polar surface area (TPSA) is 25.4 Å².